The fourth-order valence-corrected chi connectivity index (χ4v) is 9.54. The molecule has 1 saturated heterocycles. The number of piperidine rings is 1. The number of rotatable bonds is 50. The van der Waals surface area contributed by atoms with E-state index in [-0.39, 0.29) is 0 Å². The number of ether oxygens (including phenoxy) is 1. The number of likely N-dealkylation sites (tertiary alicyclic amines) is 1. The first kappa shape index (κ1) is 68.2. The zero-order chi connectivity index (χ0) is 49.4. The molecule has 0 aromatic heterocycles. The minimum Gasteiger partial charge on any atom is -0.385 e. The number of carbonyl (C=O) groups is 2. The molecule has 1 aliphatic heterocycles. The van der Waals surface area contributed by atoms with Crippen molar-refractivity contribution in [3.63, 3.8) is 0 Å². The summed E-state index contributed by atoms with van der Waals surface area (Å²) in [4.78, 5) is 32.0. The Balaban J connectivity index is 0. The molecule has 402 valence electrons. The first-order chi connectivity index (χ1) is 32.9. The number of unbranched alkanes of at least 4 members (excludes halogenated alkanes) is 27. The van der Waals surface area contributed by atoms with Gasteiger partial charge in [0.2, 0.25) is 0 Å². The Hall–Kier alpha value is -0.860. The molecule has 0 bridgehead atoms. The molecule has 0 aromatic rings. The Kier molecular flexibility index (Phi) is 60.5. The third-order valence-corrected chi connectivity index (χ3v) is 14.3. The molecule has 1 heterocycles. The van der Waals surface area contributed by atoms with Gasteiger partial charge in [0.1, 0.15) is 12.6 Å². The van der Waals surface area contributed by atoms with E-state index >= 15 is 0 Å². The van der Waals surface area contributed by atoms with Crippen LogP contribution in [-0.4, -0.2) is 125 Å². The third kappa shape index (κ3) is 54.3. The first-order valence-corrected chi connectivity index (χ1v) is 30.2. The molecular weight excluding hydrogens is 825 g/mol. The molecule has 0 atom stereocenters. The molecule has 0 saturated carbocycles. The van der Waals surface area contributed by atoms with Crippen molar-refractivity contribution in [2.24, 2.45) is 5.92 Å². The highest BCUT2D eigenvalue weighted by atomic mass is 16.5. The van der Waals surface area contributed by atoms with E-state index in [9.17, 15) is 9.59 Å². The SMILES string of the molecule is CCCCCCCCCN(CCC=O)CCN(CCCCCCCCC)CCCCCCCCC.CCCCCCCCCN(CCCC=O)CCCC1CCN(C)CC1.CCCCCOC. The lowest BCUT2D eigenvalue weighted by molar-refractivity contribution is -0.108. The van der Waals surface area contributed by atoms with Gasteiger partial charge in [-0.15, -0.1) is 0 Å². The van der Waals surface area contributed by atoms with Gasteiger partial charge in [0.15, 0.2) is 0 Å². The summed E-state index contributed by atoms with van der Waals surface area (Å²) in [5.41, 5.74) is 0. The Morgan fingerprint density at radius 2 is 0.701 bits per heavy atom. The number of hydrogen-bond donors (Lipinski definition) is 0. The van der Waals surface area contributed by atoms with Gasteiger partial charge in [-0.05, 0) is 130 Å². The monoisotopic (exact) mass is 949 g/mol. The van der Waals surface area contributed by atoms with Gasteiger partial charge in [0, 0.05) is 46.2 Å². The molecule has 0 aromatic carbocycles. The Morgan fingerprint density at radius 3 is 1.07 bits per heavy atom. The zero-order valence-electron chi connectivity index (χ0n) is 47.1. The van der Waals surface area contributed by atoms with Gasteiger partial charge in [0.25, 0.3) is 0 Å². The largest absolute Gasteiger partial charge is 0.385 e. The molecular formula is C60H124N4O3. The average Bonchev–Trinajstić information content (AvgIpc) is 3.34. The van der Waals surface area contributed by atoms with Gasteiger partial charge >= 0.3 is 0 Å². The van der Waals surface area contributed by atoms with Crippen molar-refractivity contribution < 1.29 is 14.3 Å². The number of nitrogens with zero attached hydrogens (tertiary/aromatic N) is 4. The molecule has 0 spiro atoms. The van der Waals surface area contributed by atoms with Crippen LogP contribution in [0, 0.1) is 5.92 Å². The standard InChI is InChI=1S/C32H66N2O.C22H44N2O.C6H14O/c1-4-7-10-13-16-19-22-26-33(27-23-20-17-14-11-8-5-2)30-31-34(29-25-32-35)28-24-21-18-15-12-9-6-3;1-3-4-5-6-7-8-9-16-24(17-10-11-21-25)18-12-13-22-14-19-23(2)20-15-22;1-3-4-5-6-7-2/h32H,4-31H2,1-3H3;21-22H,3-20H2,1-2H3;3-6H2,1-2H3. The molecule has 0 aliphatic carbocycles. The molecule has 7 heteroatoms. The van der Waals surface area contributed by atoms with Crippen LogP contribution < -0.4 is 0 Å². The van der Waals surface area contributed by atoms with Crippen molar-refractivity contribution >= 4 is 12.6 Å². The molecule has 67 heavy (non-hydrogen) atoms. The Labute approximate surface area is 422 Å². The van der Waals surface area contributed by atoms with Crippen LogP contribution >= 0.6 is 0 Å². The summed E-state index contributed by atoms with van der Waals surface area (Å²) in [6.07, 6.45) is 52.6. The van der Waals surface area contributed by atoms with Gasteiger partial charge in [-0.3, -0.25) is 0 Å². The summed E-state index contributed by atoms with van der Waals surface area (Å²) < 4.78 is 4.84. The second-order valence-corrected chi connectivity index (χ2v) is 20.9. The molecule has 1 aliphatic rings. The third-order valence-electron chi connectivity index (χ3n) is 14.3. The summed E-state index contributed by atoms with van der Waals surface area (Å²) in [6.45, 7) is 25.4. The van der Waals surface area contributed by atoms with Crippen LogP contribution in [0.2, 0.25) is 0 Å². The van der Waals surface area contributed by atoms with Crippen LogP contribution in [0.4, 0.5) is 0 Å². The maximum absolute atomic E-state index is 11.0. The van der Waals surface area contributed by atoms with E-state index in [0.29, 0.717) is 6.42 Å². The van der Waals surface area contributed by atoms with Crippen LogP contribution in [0.5, 0.6) is 0 Å². The van der Waals surface area contributed by atoms with Crippen LogP contribution in [0.15, 0.2) is 0 Å². The molecule has 0 radical (unpaired) electrons. The Morgan fingerprint density at radius 1 is 0.388 bits per heavy atom. The predicted octanol–water partition coefficient (Wildman–Crippen LogP) is 16.4. The highest BCUT2D eigenvalue weighted by Gasteiger charge is 2.17. The van der Waals surface area contributed by atoms with E-state index in [1.54, 1.807) is 7.11 Å². The van der Waals surface area contributed by atoms with Crippen LogP contribution in [0.25, 0.3) is 0 Å². The molecule has 1 rings (SSSR count). The van der Waals surface area contributed by atoms with E-state index in [0.717, 1.165) is 57.6 Å². The van der Waals surface area contributed by atoms with Gasteiger partial charge in [-0.1, -0.05) is 202 Å². The van der Waals surface area contributed by atoms with Crippen LogP contribution in [-0.2, 0) is 14.3 Å². The second-order valence-electron chi connectivity index (χ2n) is 20.9. The van der Waals surface area contributed by atoms with Gasteiger partial charge in [-0.2, -0.15) is 0 Å². The van der Waals surface area contributed by atoms with Crippen molar-refractivity contribution in [3.8, 4) is 0 Å². The summed E-state index contributed by atoms with van der Waals surface area (Å²) in [6, 6.07) is 0. The van der Waals surface area contributed by atoms with Crippen molar-refractivity contribution in [3.05, 3.63) is 0 Å². The molecule has 0 amide bonds. The summed E-state index contributed by atoms with van der Waals surface area (Å²) in [5, 5.41) is 0. The first-order valence-electron chi connectivity index (χ1n) is 30.2. The minimum atomic E-state index is 0.687. The molecule has 1 fully saturated rings. The maximum atomic E-state index is 11.0. The maximum Gasteiger partial charge on any atom is 0.121 e. The van der Waals surface area contributed by atoms with E-state index in [1.165, 1.54) is 277 Å². The van der Waals surface area contributed by atoms with Crippen molar-refractivity contribution in [1.82, 2.24) is 19.6 Å². The van der Waals surface area contributed by atoms with Crippen molar-refractivity contribution in [1.29, 1.82) is 0 Å². The predicted molar refractivity (Wildman–Crippen MR) is 298 cm³/mol. The van der Waals surface area contributed by atoms with E-state index < -0.39 is 0 Å². The highest BCUT2D eigenvalue weighted by molar-refractivity contribution is 5.49. The number of methoxy groups -OCH3 is 1. The number of aldehydes is 2. The van der Waals surface area contributed by atoms with Gasteiger partial charge in [-0.25, -0.2) is 0 Å². The normalized spacial score (nSPS) is 13.3. The Bertz CT molecular complexity index is 894. The quantitative estimate of drug-likeness (QED) is 0.0445. The van der Waals surface area contributed by atoms with Gasteiger partial charge < -0.3 is 33.9 Å². The number of hydrogen-bond acceptors (Lipinski definition) is 7. The van der Waals surface area contributed by atoms with Crippen LogP contribution in [0.1, 0.15) is 279 Å². The van der Waals surface area contributed by atoms with E-state index in [4.69, 9.17) is 4.74 Å². The minimum absolute atomic E-state index is 0.687. The lowest BCUT2D eigenvalue weighted by Crippen LogP contribution is -2.37. The fraction of sp³-hybridized carbons (Fsp3) is 0.967. The summed E-state index contributed by atoms with van der Waals surface area (Å²) in [7, 11) is 3.99. The molecule has 0 unspecified atom stereocenters. The zero-order valence-corrected chi connectivity index (χ0v) is 47.1. The summed E-state index contributed by atoms with van der Waals surface area (Å²) in [5.74, 6) is 0.951. The smallest absolute Gasteiger partial charge is 0.121 e. The average molecular weight is 950 g/mol. The lowest BCUT2D eigenvalue weighted by Gasteiger charge is -2.29. The van der Waals surface area contributed by atoms with Gasteiger partial charge in [0.05, 0.1) is 0 Å². The van der Waals surface area contributed by atoms with E-state index in [2.05, 4.69) is 61.3 Å². The highest BCUT2D eigenvalue weighted by Crippen LogP contribution is 2.21. The molecule has 0 N–H and O–H groups in total. The second kappa shape index (κ2) is 59.4. The molecule has 7 nitrogen and oxygen atoms in total. The topological polar surface area (TPSA) is 56.3 Å². The summed E-state index contributed by atoms with van der Waals surface area (Å²) >= 11 is 0. The van der Waals surface area contributed by atoms with Crippen LogP contribution in [0.3, 0.4) is 0 Å². The van der Waals surface area contributed by atoms with Crippen molar-refractivity contribution in [2.75, 3.05) is 92.8 Å². The lowest BCUT2D eigenvalue weighted by atomic mass is 9.92. The number of carbonyl (C=O) groups excluding carboxylic acids is 2. The fourth-order valence-electron chi connectivity index (χ4n) is 9.54. The van der Waals surface area contributed by atoms with E-state index in [1.807, 2.05) is 0 Å². The van der Waals surface area contributed by atoms with Crippen molar-refractivity contribution in [2.45, 2.75) is 279 Å².